The molecule has 3 N–H and O–H groups in total. The second kappa shape index (κ2) is 19.0. The van der Waals surface area contributed by atoms with Crippen molar-refractivity contribution in [2.24, 2.45) is 11.8 Å². The van der Waals surface area contributed by atoms with Crippen LogP contribution in [-0.4, -0.2) is 116 Å². The van der Waals surface area contributed by atoms with Crippen LogP contribution in [0.1, 0.15) is 104 Å². The monoisotopic (exact) mass is 1030 g/mol. The van der Waals surface area contributed by atoms with Crippen molar-refractivity contribution in [2.75, 3.05) is 46.6 Å². The van der Waals surface area contributed by atoms with Gasteiger partial charge in [-0.25, -0.2) is 19.2 Å². The van der Waals surface area contributed by atoms with Crippen molar-refractivity contribution < 1.29 is 37.7 Å². The fraction of sp³-hybridized carbons (Fsp3) is 0.407. The van der Waals surface area contributed by atoms with Crippen LogP contribution >= 0.6 is 0 Å². The fourth-order valence-electron chi connectivity index (χ4n) is 13.1. The minimum Gasteiger partial charge on any atom is -0.493 e. The summed E-state index contributed by atoms with van der Waals surface area (Å²) in [4.78, 5) is 64.5. The number of alkyl carbamates (subject to hydrolysis) is 1. The number of carbonyl (C=O) groups is 3. The van der Waals surface area contributed by atoms with Crippen LogP contribution < -0.4 is 14.8 Å². The maximum atomic E-state index is 17.2. The average molecular weight is 1030 g/mol. The highest BCUT2D eigenvalue weighted by Gasteiger charge is 2.57. The predicted molar refractivity (Wildman–Crippen MR) is 280 cm³/mol. The summed E-state index contributed by atoms with van der Waals surface area (Å²) < 4.78 is 42.9. The van der Waals surface area contributed by atoms with Crippen molar-refractivity contribution in [3.05, 3.63) is 131 Å². The van der Waals surface area contributed by atoms with Crippen LogP contribution in [0, 0.1) is 17.7 Å². The third-order valence-corrected chi connectivity index (χ3v) is 17.3. The van der Waals surface area contributed by atoms with Gasteiger partial charge in [0, 0.05) is 61.0 Å². The van der Waals surface area contributed by atoms with Gasteiger partial charge >= 0.3 is 6.09 Å². The lowest BCUT2D eigenvalue weighted by molar-refractivity contribution is -0.141. The molecule has 0 spiro atoms. The molecule has 14 rings (SSSR count). The van der Waals surface area contributed by atoms with Crippen LogP contribution in [0.4, 0.5) is 9.18 Å². The van der Waals surface area contributed by atoms with Crippen LogP contribution in [0.15, 0.2) is 97.3 Å². The topological polar surface area (TPSA) is 172 Å². The highest BCUT2D eigenvalue weighted by atomic mass is 19.1. The molecule has 9 heterocycles. The number of likely N-dealkylation sites (tertiary alicyclic amines) is 3. The molecule has 0 radical (unpaired) electrons. The molecule has 4 aromatic carbocycles. The lowest BCUT2D eigenvalue weighted by atomic mass is 9.90. The van der Waals surface area contributed by atoms with Gasteiger partial charge in [-0.05, 0) is 117 Å². The van der Waals surface area contributed by atoms with Gasteiger partial charge in [0.1, 0.15) is 41.0 Å². The van der Waals surface area contributed by atoms with E-state index in [-0.39, 0.29) is 41.9 Å². The molecule has 7 atom stereocenters. The Morgan fingerprint density at radius 1 is 0.789 bits per heavy atom. The van der Waals surface area contributed by atoms with Crippen LogP contribution in [0.5, 0.6) is 11.5 Å². The quantitative estimate of drug-likeness (QED) is 0.113. The van der Waals surface area contributed by atoms with E-state index in [1.807, 2.05) is 36.5 Å². The van der Waals surface area contributed by atoms with Gasteiger partial charge in [-0.2, -0.15) is 0 Å². The zero-order chi connectivity index (χ0) is 51.2. The van der Waals surface area contributed by atoms with Gasteiger partial charge in [-0.3, -0.25) is 14.5 Å². The molecule has 1 saturated carbocycles. The average Bonchev–Trinajstić information content (AvgIpc) is 4.18. The molecule has 4 saturated heterocycles. The number of benzene rings is 4. The first kappa shape index (κ1) is 47.0. The van der Waals surface area contributed by atoms with Crippen molar-refractivity contribution in [3.63, 3.8) is 0 Å². The molecule has 17 heteroatoms. The van der Waals surface area contributed by atoms with Crippen LogP contribution in [-0.2, 0) is 25.5 Å². The predicted octanol–water partition coefficient (Wildman–Crippen LogP) is 9.42. The summed E-state index contributed by atoms with van der Waals surface area (Å²) in [6.45, 7) is 4.01. The Bertz CT molecular complexity index is 3400. The number of ether oxygens (including phenoxy) is 4. The summed E-state index contributed by atoms with van der Waals surface area (Å²) in [5.41, 5.74) is 7.83. The Morgan fingerprint density at radius 2 is 1.59 bits per heavy atom. The molecule has 5 fully saturated rings. The first-order valence-corrected chi connectivity index (χ1v) is 27.1. The number of fused-ring (bicyclic) bond motifs is 7. The molecule has 6 aliphatic heterocycles. The van der Waals surface area contributed by atoms with E-state index in [0.29, 0.717) is 85.6 Å². The first-order chi connectivity index (χ1) is 37.3. The van der Waals surface area contributed by atoms with Crippen molar-refractivity contribution in [1.82, 2.24) is 44.5 Å². The van der Waals surface area contributed by atoms with Gasteiger partial charge in [0.05, 0.1) is 66.4 Å². The zero-order valence-corrected chi connectivity index (χ0v) is 42.4. The number of imidazole rings is 2. The summed E-state index contributed by atoms with van der Waals surface area (Å²) in [6.07, 6.45) is 9.85. The van der Waals surface area contributed by atoms with Crippen LogP contribution in [0.2, 0.25) is 0 Å². The molecule has 7 aliphatic rings. The van der Waals surface area contributed by atoms with Crippen molar-refractivity contribution in [2.45, 2.75) is 94.2 Å². The Labute approximate surface area is 438 Å². The van der Waals surface area contributed by atoms with E-state index in [1.165, 1.54) is 13.2 Å². The maximum absolute atomic E-state index is 17.2. The SMILES string of the molecule is COC(=O)NC(C(=O)N1CCC[C@H]1c1ncc(-c2cc(F)c3c(c2)OC(c2ccc4c(c2)OCCC4)n2c-3cc3cc(-c4cnc([C@@H]5C[C@H]6C[C@H]6N5C(=O)[C@@H](c5ccccc5)N5CCC5)[nH]4)ccc32)[nH]1)C1CCOCC1. The number of H-pyrrole nitrogens is 2. The number of halogens is 1. The smallest absolute Gasteiger partial charge is 0.407 e. The molecule has 7 aromatic rings. The molecule has 2 unspecified atom stereocenters. The number of rotatable bonds is 11. The van der Waals surface area contributed by atoms with Crippen LogP contribution in [0.3, 0.4) is 0 Å². The second-order valence-corrected chi connectivity index (χ2v) is 21.7. The number of aromatic nitrogens is 5. The highest BCUT2D eigenvalue weighted by Crippen LogP contribution is 2.55. The van der Waals surface area contributed by atoms with Gasteiger partial charge in [-0.15, -0.1) is 0 Å². The van der Waals surface area contributed by atoms with Gasteiger partial charge in [0.25, 0.3) is 0 Å². The molecular weight excluding hydrogens is 966 g/mol. The number of nitrogens with one attached hydrogen (secondary N) is 3. The van der Waals surface area contributed by atoms with E-state index in [1.54, 1.807) is 11.1 Å². The Kier molecular flexibility index (Phi) is 11.7. The summed E-state index contributed by atoms with van der Waals surface area (Å²) in [5.74, 6) is 2.49. The Morgan fingerprint density at radius 3 is 2.38 bits per heavy atom. The van der Waals surface area contributed by atoms with E-state index in [0.717, 1.165) is 102 Å². The number of nitrogens with zero attached hydrogens (tertiary/aromatic N) is 6. The lowest BCUT2D eigenvalue weighted by Crippen LogP contribution is -2.53. The molecule has 0 bridgehead atoms. The molecule has 390 valence electrons. The number of aromatic amines is 2. The number of hydrogen-bond donors (Lipinski definition) is 3. The molecule has 3 amide bonds. The van der Waals surface area contributed by atoms with Gasteiger partial charge in [0.2, 0.25) is 18.0 Å². The summed E-state index contributed by atoms with van der Waals surface area (Å²) in [6, 6.07) is 26.7. The van der Waals surface area contributed by atoms with E-state index < -0.39 is 24.2 Å². The third kappa shape index (κ3) is 8.12. The van der Waals surface area contributed by atoms with Gasteiger partial charge < -0.3 is 48.6 Å². The van der Waals surface area contributed by atoms with Crippen molar-refractivity contribution >= 4 is 28.8 Å². The van der Waals surface area contributed by atoms with Crippen molar-refractivity contribution in [1.29, 1.82) is 0 Å². The number of amides is 3. The normalized spacial score (nSPS) is 23.6. The Balaban J connectivity index is 0.782. The number of aryl methyl sites for hydroxylation is 1. The molecular formula is C59H60FN9O7. The van der Waals surface area contributed by atoms with E-state index in [2.05, 4.69) is 78.2 Å². The first-order valence-electron chi connectivity index (χ1n) is 27.1. The van der Waals surface area contributed by atoms with Gasteiger partial charge in [0.15, 0.2) is 0 Å². The lowest BCUT2D eigenvalue weighted by Gasteiger charge is -2.40. The number of methoxy groups -OCH3 is 1. The zero-order valence-electron chi connectivity index (χ0n) is 42.4. The summed E-state index contributed by atoms with van der Waals surface area (Å²) in [7, 11) is 1.29. The summed E-state index contributed by atoms with van der Waals surface area (Å²) in [5, 5.41) is 3.72. The van der Waals surface area contributed by atoms with E-state index >= 15 is 4.39 Å². The largest absolute Gasteiger partial charge is 0.493 e. The summed E-state index contributed by atoms with van der Waals surface area (Å²) >= 11 is 0. The minimum absolute atomic E-state index is 0.0955. The maximum Gasteiger partial charge on any atom is 0.407 e. The van der Waals surface area contributed by atoms with Gasteiger partial charge in [-0.1, -0.05) is 48.5 Å². The van der Waals surface area contributed by atoms with Crippen molar-refractivity contribution in [3.8, 4) is 45.3 Å². The van der Waals surface area contributed by atoms with Crippen LogP contribution in [0.25, 0.3) is 44.7 Å². The number of piperidine rings is 1. The standard InChI is InChI=1S/C59H60FN9O7/c1-73-59(72)65-52(34-16-22-74-23-17-34)56(70)67-20-5-11-45(67)54-61-32-43(64-54)38-25-41(60)51-47-27-39-24-36(14-15-44(39)69(47)58(76-50(51)30-38)37-13-12-33-10-6-21-75-49(33)29-37)42-31-62-55(63-42)48-28-40-26-46(40)68(48)57(71)53(66-18-7-19-66)35-8-3-2-4-9-35/h2-4,8-9,12-15,24-25,27,29-32,34,40,45-46,48,52-53,58H,5-7,10-11,16-23,26,28H2,1H3,(H,61,64)(H,62,63)(H,65,72)/t40-,45+,46-,48+,52?,53-,58?/m1/s1. The second-order valence-electron chi connectivity index (χ2n) is 21.7. The molecule has 76 heavy (non-hydrogen) atoms. The third-order valence-electron chi connectivity index (χ3n) is 17.3. The number of hydrogen-bond acceptors (Lipinski definition) is 10. The molecule has 16 nitrogen and oxygen atoms in total. The minimum atomic E-state index is -0.765. The number of carbonyl (C=O) groups excluding carboxylic acids is 3. The Hall–Kier alpha value is -7.50. The molecule has 3 aromatic heterocycles. The molecule has 1 aliphatic carbocycles. The fourth-order valence-corrected chi connectivity index (χ4v) is 13.1. The van der Waals surface area contributed by atoms with E-state index in [4.69, 9.17) is 28.9 Å². The highest BCUT2D eigenvalue weighted by molar-refractivity contribution is 5.93. The van der Waals surface area contributed by atoms with E-state index in [9.17, 15) is 14.4 Å².